The van der Waals surface area contributed by atoms with E-state index in [0.29, 0.717) is 28.0 Å². The summed E-state index contributed by atoms with van der Waals surface area (Å²) >= 11 is 1.33. The number of hydrogen-bond acceptors (Lipinski definition) is 11. The quantitative estimate of drug-likeness (QED) is 0.340. The Bertz CT molecular complexity index is 1450. The fourth-order valence-corrected chi connectivity index (χ4v) is 5.58. The third kappa shape index (κ3) is 4.92. The Labute approximate surface area is 210 Å². The van der Waals surface area contributed by atoms with Crippen molar-refractivity contribution in [3.8, 4) is 28.0 Å². The summed E-state index contributed by atoms with van der Waals surface area (Å²) in [5.41, 5.74) is 1.16. The van der Waals surface area contributed by atoms with Crippen molar-refractivity contribution < 1.29 is 27.4 Å². The Balaban J connectivity index is 1.81. The highest BCUT2D eigenvalue weighted by atomic mass is 32.2. The van der Waals surface area contributed by atoms with Gasteiger partial charge in [0.15, 0.2) is 38.1 Å². The van der Waals surface area contributed by atoms with Crippen LogP contribution in [-0.4, -0.2) is 62.7 Å². The van der Waals surface area contributed by atoms with Crippen LogP contribution in [0.5, 0.6) is 11.5 Å². The molecule has 0 bridgehead atoms. The number of hydrogen-bond donors (Lipinski definition) is 1. The van der Waals surface area contributed by atoms with E-state index >= 15 is 0 Å². The average molecular weight is 535 g/mol. The van der Waals surface area contributed by atoms with E-state index in [1.165, 1.54) is 37.0 Å². The Kier molecular flexibility index (Phi) is 7.28. The lowest BCUT2D eigenvalue weighted by molar-refractivity contribution is 0.165. The lowest BCUT2D eigenvalue weighted by Gasteiger charge is -2.19. The number of aliphatic hydroxyl groups excluding tert-OH is 1. The number of thiazole rings is 1. The summed E-state index contributed by atoms with van der Waals surface area (Å²) in [6.07, 6.45) is 0.129. The first kappa shape index (κ1) is 25.6. The molecule has 0 saturated heterocycles. The van der Waals surface area contributed by atoms with E-state index in [9.17, 15) is 17.9 Å². The van der Waals surface area contributed by atoms with Crippen LogP contribution >= 0.6 is 11.3 Å². The van der Waals surface area contributed by atoms with Gasteiger partial charge in [0.2, 0.25) is 0 Å². The number of nitrogens with zero attached hydrogens (tertiary/aromatic N) is 6. The fraction of sp³-hybridized carbons (Fsp3) is 0.318. The number of methoxy groups -OCH3 is 2. The largest absolute Gasteiger partial charge is 0.494 e. The van der Waals surface area contributed by atoms with Gasteiger partial charge in [0, 0.05) is 11.1 Å². The van der Waals surface area contributed by atoms with Gasteiger partial charge in [-0.2, -0.15) is 0 Å². The number of rotatable bonds is 9. The van der Waals surface area contributed by atoms with Gasteiger partial charge in [-0.05, 0) is 26.0 Å². The minimum atomic E-state index is -4.05. The predicted octanol–water partition coefficient (Wildman–Crippen LogP) is 2.68. The number of para-hydroxylation sites is 1. The number of aryl methyl sites for hydroxylation is 1. The molecule has 0 spiro atoms. The molecule has 3 aromatic heterocycles. The molecule has 0 radical (unpaired) electrons. The summed E-state index contributed by atoms with van der Waals surface area (Å²) in [4.78, 5) is 11.9. The lowest BCUT2D eigenvalue weighted by atomic mass is 10.2. The summed E-state index contributed by atoms with van der Waals surface area (Å²) in [5.74, 6) is -0.351. The molecule has 0 amide bonds. The van der Waals surface area contributed by atoms with Crippen molar-refractivity contribution in [3.05, 3.63) is 59.1 Å². The maximum Gasteiger partial charge on any atom is 0.197 e. The second-order valence-electron chi connectivity index (χ2n) is 7.80. The van der Waals surface area contributed by atoms with E-state index in [2.05, 4.69) is 25.1 Å². The van der Waals surface area contributed by atoms with Crippen molar-refractivity contribution in [2.24, 2.45) is 0 Å². The predicted molar refractivity (Wildman–Crippen MR) is 129 cm³/mol. The molecule has 11 nitrogen and oxygen atoms in total. The Morgan fingerprint density at radius 2 is 1.78 bits per heavy atom. The summed E-state index contributed by atoms with van der Waals surface area (Å²) in [5, 5.41) is 20.0. The van der Waals surface area contributed by atoms with Gasteiger partial charge in [-0.15, -0.1) is 21.5 Å². The molecule has 0 aliphatic heterocycles. The van der Waals surface area contributed by atoms with Crippen LogP contribution in [-0.2, 0) is 15.6 Å². The molecule has 0 aliphatic carbocycles. The van der Waals surface area contributed by atoms with E-state index in [0.717, 1.165) is 18.1 Å². The van der Waals surface area contributed by atoms with Gasteiger partial charge in [0.1, 0.15) is 29.0 Å². The lowest BCUT2D eigenvalue weighted by Crippen LogP contribution is -2.29. The molecule has 190 valence electrons. The first-order valence-corrected chi connectivity index (χ1v) is 13.2. The second-order valence-corrected chi connectivity index (χ2v) is 11.0. The van der Waals surface area contributed by atoms with Crippen LogP contribution in [0.25, 0.3) is 16.5 Å². The van der Waals surface area contributed by atoms with E-state index < -0.39 is 32.8 Å². The molecule has 36 heavy (non-hydrogen) atoms. The van der Waals surface area contributed by atoms with Crippen LogP contribution in [0.2, 0.25) is 0 Å². The first-order valence-electron chi connectivity index (χ1n) is 10.6. The smallest absolute Gasteiger partial charge is 0.197 e. The van der Waals surface area contributed by atoms with E-state index in [-0.39, 0.29) is 11.6 Å². The number of benzene rings is 1. The minimum Gasteiger partial charge on any atom is -0.494 e. The standard InChI is InChI=1S/C22H23FN6O5S2/c1-12-10-35-22(26-12)21-28-27-17(29(21)18-15(33-3)6-5-7-16(18)34-4)11-36(31,32)13(2)19(30)20-24-8-14(23)9-25-20/h5-10,13,19,30H,11H2,1-4H3/t13-,19+/m0/s1. The minimum absolute atomic E-state index is 0.0553. The first-order chi connectivity index (χ1) is 17.2. The molecular formula is C22H23FN6O5S2. The SMILES string of the molecule is COc1cccc(OC)c1-n1c(CS(=O)(=O)[C@@H](C)[C@@H](O)c2ncc(F)cn2)nnc1-c1nc(C)cs1. The topological polar surface area (TPSA) is 142 Å². The normalized spacial score (nSPS) is 13.4. The number of aromatic nitrogens is 6. The van der Waals surface area contributed by atoms with Crippen molar-refractivity contribution >= 4 is 21.2 Å². The zero-order valence-electron chi connectivity index (χ0n) is 19.8. The Hall–Kier alpha value is -3.49. The van der Waals surface area contributed by atoms with Crippen LogP contribution in [0.4, 0.5) is 4.39 Å². The van der Waals surface area contributed by atoms with E-state index in [1.54, 1.807) is 18.2 Å². The van der Waals surface area contributed by atoms with Gasteiger partial charge in [0.05, 0.1) is 31.9 Å². The number of halogens is 1. The molecule has 2 atom stereocenters. The van der Waals surface area contributed by atoms with Crippen LogP contribution < -0.4 is 9.47 Å². The number of ether oxygens (including phenoxy) is 2. The number of sulfone groups is 1. The van der Waals surface area contributed by atoms with Crippen molar-refractivity contribution in [1.29, 1.82) is 0 Å². The Morgan fingerprint density at radius 3 is 2.33 bits per heavy atom. The van der Waals surface area contributed by atoms with Crippen molar-refractivity contribution in [3.63, 3.8) is 0 Å². The van der Waals surface area contributed by atoms with Crippen LogP contribution in [0.15, 0.2) is 36.0 Å². The highest BCUT2D eigenvalue weighted by Crippen LogP contribution is 2.37. The maximum atomic E-state index is 13.4. The average Bonchev–Trinajstić information content (AvgIpc) is 3.48. The molecular weight excluding hydrogens is 511 g/mol. The molecule has 3 heterocycles. The van der Waals surface area contributed by atoms with Crippen molar-refractivity contribution in [1.82, 2.24) is 29.7 Å². The molecule has 0 aliphatic rings. The van der Waals surface area contributed by atoms with Gasteiger partial charge < -0.3 is 14.6 Å². The summed E-state index contributed by atoms with van der Waals surface area (Å²) < 4.78 is 52.5. The third-order valence-electron chi connectivity index (χ3n) is 5.41. The molecule has 4 aromatic rings. The summed E-state index contributed by atoms with van der Waals surface area (Å²) in [6.45, 7) is 3.15. The summed E-state index contributed by atoms with van der Waals surface area (Å²) in [7, 11) is -1.09. The monoisotopic (exact) mass is 534 g/mol. The fourth-order valence-electron chi connectivity index (χ4n) is 3.48. The summed E-state index contributed by atoms with van der Waals surface area (Å²) in [6, 6.07) is 5.13. The van der Waals surface area contributed by atoms with Gasteiger partial charge >= 0.3 is 0 Å². The highest BCUT2D eigenvalue weighted by molar-refractivity contribution is 7.91. The van der Waals surface area contributed by atoms with E-state index in [4.69, 9.17) is 9.47 Å². The van der Waals surface area contributed by atoms with Crippen molar-refractivity contribution in [2.75, 3.05) is 14.2 Å². The second kappa shape index (κ2) is 10.2. The van der Waals surface area contributed by atoms with Crippen molar-refractivity contribution in [2.45, 2.75) is 31.0 Å². The van der Waals surface area contributed by atoms with Gasteiger partial charge in [-0.25, -0.2) is 27.8 Å². The molecule has 4 rings (SSSR count). The van der Waals surface area contributed by atoms with Gasteiger partial charge in [0.25, 0.3) is 0 Å². The molecule has 0 saturated carbocycles. The molecule has 0 unspecified atom stereocenters. The Morgan fingerprint density at radius 1 is 1.14 bits per heavy atom. The van der Waals surface area contributed by atoms with Crippen LogP contribution in [0.3, 0.4) is 0 Å². The van der Waals surface area contributed by atoms with Gasteiger partial charge in [-0.3, -0.25) is 4.57 Å². The molecule has 1 aromatic carbocycles. The zero-order valence-corrected chi connectivity index (χ0v) is 21.4. The third-order valence-corrected chi connectivity index (χ3v) is 8.42. The zero-order chi connectivity index (χ0) is 26.0. The van der Waals surface area contributed by atoms with Crippen LogP contribution in [0, 0.1) is 12.7 Å². The molecule has 14 heteroatoms. The highest BCUT2D eigenvalue weighted by Gasteiger charge is 2.34. The van der Waals surface area contributed by atoms with Crippen LogP contribution in [0.1, 0.15) is 30.4 Å². The maximum absolute atomic E-state index is 13.4. The number of aliphatic hydroxyl groups is 1. The van der Waals surface area contributed by atoms with E-state index in [1.807, 2.05) is 12.3 Å². The molecule has 1 N–H and O–H groups in total. The molecule has 0 fully saturated rings. The van der Waals surface area contributed by atoms with Gasteiger partial charge in [-0.1, -0.05) is 6.07 Å².